The first-order chi connectivity index (χ1) is 15.4. The van der Waals surface area contributed by atoms with Crippen molar-refractivity contribution in [2.24, 2.45) is 5.41 Å². The zero-order chi connectivity index (χ0) is 23.1. The molecule has 2 heterocycles. The minimum absolute atomic E-state index is 0.0528. The molecule has 1 saturated heterocycles. The number of aryl methyl sites for hydroxylation is 2. The Kier molecular flexibility index (Phi) is 8.35. The fraction of sp³-hybridized carbons (Fsp3) is 0.615. The first kappa shape index (κ1) is 24.3. The highest BCUT2D eigenvalue weighted by Crippen LogP contribution is 2.32. The van der Waals surface area contributed by atoms with Crippen LogP contribution in [0.2, 0.25) is 0 Å². The van der Waals surface area contributed by atoms with Gasteiger partial charge in [-0.15, -0.1) is 0 Å². The summed E-state index contributed by atoms with van der Waals surface area (Å²) in [4.78, 5) is 26.4. The second-order valence-electron chi connectivity index (χ2n) is 9.35. The number of ether oxygens (including phenoxy) is 2. The minimum Gasteiger partial charge on any atom is -0.493 e. The molecule has 6 nitrogen and oxygen atoms in total. The first-order valence-electron chi connectivity index (χ1n) is 11.9. The van der Waals surface area contributed by atoms with E-state index < -0.39 is 0 Å². The maximum atomic E-state index is 12.7. The third kappa shape index (κ3) is 5.91. The predicted octanol–water partition coefficient (Wildman–Crippen LogP) is 5.23. The van der Waals surface area contributed by atoms with E-state index in [1.807, 2.05) is 24.0 Å². The van der Waals surface area contributed by atoms with Crippen LogP contribution < -0.4 is 10.4 Å². The van der Waals surface area contributed by atoms with Gasteiger partial charge in [0.2, 0.25) is 5.91 Å². The summed E-state index contributed by atoms with van der Waals surface area (Å²) in [5, 5.41) is 0.954. The van der Waals surface area contributed by atoms with Gasteiger partial charge >= 0.3 is 5.63 Å². The molecule has 0 saturated carbocycles. The molecule has 1 aliphatic heterocycles. The van der Waals surface area contributed by atoms with Crippen molar-refractivity contribution in [2.45, 2.75) is 72.6 Å². The number of hydrogen-bond acceptors (Lipinski definition) is 5. The second-order valence-corrected chi connectivity index (χ2v) is 9.35. The first-order valence-corrected chi connectivity index (χ1v) is 11.9. The second kappa shape index (κ2) is 11.0. The largest absolute Gasteiger partial charge is 0.493 e. The van der Waals surface area contributed by atoms with Crippen LogP contribution in [0.5, 0.6) is 5.75 Å². The van der Waals surface area contributed by atoms with Gasteiger partial charge in [0.15, 0.2) is 0 Å². The van der Waals surface area contributed by atoms with Gasteiger partial charge in [0.05, 0.1) is 13.2 Å². The van der Waals surface area contributed by atoms with Crippen molar-refractivity contribution in [3.8, 4) is 5.75 Å². The lowest BCUT2D eigenvalue weighted by Gasteiger charge is -2.25. The van der Waals surface area contributed by atoms with Crippen LogP contribution in [0.15, 0.2) is 27.4 Å². The van der Waals surface area contributed by atoms with Gasteiger partial charge in [0.1, 0.15) is 18.1 Å². The van der Waals surface area contributed by atoms with Crippen molar-refractivity contribution in [1.29, 1.82) is 0 Å². The number of carbonyl (C=O) groups is 1. The SMILES string of the molecule is CCCc1c(OCCCCN2COCC(C)(CCC)CC2=O)ccc2c(C)cc(=O)oc12. The molecule has 1 fully saturated rings. The van der Waals surface area contributed by atoms with Crippen molar-refractivity contribution in [3.63, 3.8) is 0 Å². The average Bonchev–Trinajstić information content (AvgIpc) is 2.87. The molecular weight excluding hydrogens is 406 g/mol. The van der Waals surface area contributed by atoms with E-state index in [0.29, 0.717) is 38.5 Å². The van der Waals surface area contributed by atoms with E-state index in [1.54, 1.807) is 0 Å². The Bertz CT molecular complexity index is 982. The molecule has 32 heavy (non-hydrogen) atoms. The van der Waals surface area contributed by atoms with E-state index in [1.165, 1.54) is 6.07 Å². The van der Waals surface area contributed by atoms with Gasteiger partial charge in [-0.3, -0.25) is 4.79 Å². The van der Waals surface area contributed by atoms with Gasteiger partial charge in [-0.25, -0.2) is 4.79 Å². The Morgan fingerprint density at radius 2 is 1.97 bits per heavy atom. The molecule has 1 aromatic carbocycles. The summed E-state index contributed by atoms with van der Waals surface area (Å²) in [6, 6.07) is 5.46. The maximum Gasteiger partial charge on any atom is 0.336 e. The van der Waals surface area contributed by atoms with Crippen LogP contribution in [0.4, 0.5) is 0 Å². The monoisotopic (exact) mass is 443 g/mol. The summed E-state index contributed by atoms with van der Waals surface area (Å²) in [6.07, 6.45) is 6.02. The van der Waals surface area contributed by atoms with Crippen molar-refractivity contribution >= 4 is 16.9 Å². The normalized spacial score (nSPS) is 19.4. The molecule has 0 aliphatic carbocycles. The zero-order valence-corrected chi connectivity index (χ0v) is 20.0. The highest BCUT2D eigenvalue weighted by molar-refractivity contribution is 5.85. The van der Waals surface area contributed by atoms with Gasteiger partial charge in [-0.05, 0) is 55.7 Å². The molecule has 0 N–H and O–H groups in total. The molecule has 0 radical (unpaired) electrons. The molecule has 1 aromatic heterocycles. The van der Waals surface area contributed by atoms with Crippen molar-refractivity contribution in [2.75, 3.05) is 26.5 Å². The molecule has 0 spiro atoms. The highest BCUT2D eigenvalue weighted by atomic mass is 16.5. The summed E-state index contributed by atoms with van der Waals surface area (Å²) in [5.41, 5.74) is 2.13. The number of unbranched alkanes of at least 4 members (excludes halogenated alkanes) is 1. The Balaban J connectivity index is 1.56. The number of carbonyl (C=O) groups excluding carboxylic acids is 1. The van der Waals surface area contributed by atoms with E-state index in [2.05, 4.69) is 20.8 Å². The molecule has 0 bridgehead atoms. The Hall–Kier alpha value is -2.34. The molecular formula is C26H37NO5. The van der Waals surface area contributed by atoms with Crippen LogP contribution in [0.25, 0.3) is 11.0 Å². The van der Waals surface area contributed by atoms with Gasteiger partial charge in [0, 0.05) is 30.0 Å². The van der Waals surface area contributed by atoms with Crippen LogP contribution in [-0.4, -0.2) is 37.3 Å². The lowest BCUT2D eigenvalue weighted by molar-refractivity contribution is -0.134. The number of nitrogens with zero attached hydrogens (tertiary/aromatic N) is 1. The molecule has 6 heteroatoms. The summed E-state index contributed by atoms with van der Waals surface area (Å²) in [5.74, 6) is 0.960. The Labute approximate surface area is 190 Å². The highest BCUT2D eigenvalue weighted by Gasteiger charge is 2.32. The fourth-order valence-corrected chi connectivity index (χ4v) is 4.59. The summed E-state index contributed by atoms with van der Waals surface area (Å²) >= 11 is 0. The Morgan fingerprint density at radius 3 is 2.72 bits per heavy atom. The summed E-state index contributed by atoms with van der Waals surface area (Å²) < 4.78 is 17.4. The summed E-state index contributed by atoms with van der Waals surface area (Å²) in [6.45, 7) is 10.6. The van der Waals surface area contributed by atoms with Crippen LogP contribution in [0.3, 0.4) is 0 Å². The molecule has 1 atom stereocenters. The molecule has 1 aliphatic rings. The number of rotatable bonds is 10. The van der Waals surface area contributed by atoms with E-state index in [-0.39, 0.29) is 16.9 Å². The topological polar surface area (TPSA) is 69.0 Å². The standard InChI is InChI=1S/C26H37NO5/c1-5-9-21-22(11-10-20-19(3)15-24(29)32-25(20)21)31-14-8-7-13-27-18-30-17-26(4,12-6-2)16-23(27)28/h10-11,15H,5-9,12-14,16-18H2,1-4H3. The number of benzene rings is 1. The maximum absolute atomic E-state index is 12.7. The van der Waals surface area contributed by atoms with Gasteiger partial charge in [-0.2, -0.15) is 0 Å². The van der Waals surface area contributed by atoms with E-state index in [0.717, 1.165) is 60.8 Å². The van der Waals surface area contributed by atoms with Gasteiger partial charge in [0.25, 0.3) is 0 Å². The lowest BCUT2D eigenvalue weighted by atomic mass is 9.83. The predicted molar refractivity (Wildman–Crippen MR) is 126 cm³/mol. The fourth-order valence-electron chi connectivity index (χ4n) is 4.59. The van der Waals surface area contributed by atoms with Crippen LogP contribution in [0, 0.1) is 12.3 Å². The van der Waals surface area contributed by atoms with E-state index >= 15 is 0 Å². The smallest absolute Gasteiger partial charge is 0.336 e. The number of amides is 1. The lowest BCUT2D eigenvalue weighted by Crippen LogP contribution is -2.33. The Morgan fingerprint density at radius 1 is 1.16 bits per heavy atom. The van der Waals surface area contributed by atoms with Gasteiger partial charge < -0.3 is 18.8 Å². The average molecular weight is 444 g/mol. The van der Waals surface area contributed by atoms with Crippen LogP contribution in [-0.2, 0) is 16.0 Å². The quantitative estimate of drug-likeness (QED) is 0.372. The number of hydrogen-bond donors (Lipinski definition) is 0. The van der Waals surface area contributed by atoms with Crippen molar-refractivity contribution < 1.29 is 18.7 Å². The molecule has 2 aromatic rings. The molecule has 3 rings (SSSR count). The molecule has 176 valence electrons. The molecule has 1 amide bonds. The van der Waals surface area contributed by atoms with Crippen LogP contribution in [0.1, 0.15) is 70.4 Å². The number of fused-ring (bicyclic) bond motifs is 1. The third-order valence-corrected chi connectivity index (χ3v) is 6.24. The van der Waals surface area contributed by atoms with Crippen LogP contribution >= 0.6 is 0 Å². The van der Waals surface area contributed by atoms with Gasteiger partial charge in [-0.1, -0.05) is 33.6 Å². The summed E-state index contributed by atoms with van der Waals surface area (Å²) in [7, 11) is 0. The molecule has 1 unspecified atom stereocenters. The third-order valence-electron chi connectivity index (χ3n) is 6.24. The minimum atomic E-state index is -0.330. The van der Waals surface area contributed by atoms with Crippen molar-refractivity contribution in [1.82, 2.24) is 4.90 Å². The van der Waals surface area contributed by atoms with Crippen molar-refractivity contribution in [3.05, 3.63) is 39.7 Å². The zero-order valence-electron chi connectivity index (χ0n) is 20.0. The van der Waals surface area contributed by atoms with E-state index in [9.17, 15) is 9.59 Å². The van der Waals surface area contributed by atoms with E-state index in [4.69, 9.17) is 13.9 Å².